The molecule has 1 aliphatic heterocycles. The minimum Gasteiger partial charge on any atom is -0.377 e. The summed E-state index contributed by atoms with van der Waals surface area (Å²) < 4.78 is 26.8. The van der Waals surface area contributed by atoms with Crippen LogP contribution in [0.2, 0.25) is 0 Å². The summed E-state index contributed by atoms with van der Waals surface area (Å²) in [6.45, 7) is 2.78. The Bertz CT molecular complexity index is 1010. The highest BCUT2D eigenvalue weighted by Crippen LogP contribution is 2.22. The van der Waals surface area contributed by atoms with E-state index in [2.05, 4.69) is 5.32 Å². The molecule has 154 valence electrons. The van der Waals surface area contributed by atoms with Gasteiger partial charge in [-0.25, -0.2) is 8.42 Å². The van der Waals surface area contributed by atoms with Crippen LogP contribution in [-0.4, -0.2) is 43.1 Å². The summed E-state index contributed by atoms with van der Waals surface area (Å²) >= 11 is 0. The van der Waals surface area contributed by atoms with Crippen molar-refractivity contribution in [2.45, 2.75) is 31.1 Å². The minimum atomic E-state index is -3.53. The third kappa shape index (κ3) is 4.80. The van der Waals surface area contributed by atoms with Crippen LogP contribution in [0, 0.1) is 17.0 Å². The van der Waals surface area contributed by atoms with Gasteiger partial charge in [-0.1, -0.05) is 6.42 Å². The maximum atomic E-state index is 12.7. The summed E-state index contributed by atoms with van der Waals surface area (Å²) in [5.74, 6) is -0.204. The van der Waals surface area contributed by atoms with E-state index < -0.39 is 14.9 Å². The summed E-state index contributed by atoms with van der Waals surface area (Å²) in [7, 11) is -3.53. The molecule has 9 heteroatoms. The lowest BCUT2D eigenvalue weighted by Gasteiger charge is -2.25. The summed E-state index contributed by atoms with van der Waals surface area (Å²) in [5, 5.41) is 13.8. The van der Waals surface area contributed by atoms with Crippen molar-refractivity contribution >= 4 is 27.2 Å². The van der Waals surface area contributed by atoms with Crippen LogP contribution in [0.3, 0.4) is 0 Å². The number of aryl methyl sites for hydroxylation is 1. The third-order valence-electron chi connectivity index (χ3n) is 4.99. The van der Waals surface area contributed by atoms with E-state index in [9.17, 15) is 23.3 Å². The largest absolute Gasteiger partial charge is 0.377 e. The van der Waals surface area contributed by atoms with Gasteiger partial charge in [-0.15, -0.1) is 0 Å². The van der Waals surface area contributed by atoms with E-state index in [1.807, 2.05) is 0 Å². The summed E-state index contributed by atoms with van der Waals surface area (Å²) in [4.78, 5) is 23.0. The number of nitrogens with one attached hydrogen (secondary N) is 1. The Kier molecular flexibility index (Phi) is 6.29. The number of rotatable bonds is 7. The number of benzene rings is 2. The number of non-ortho nitro benzene ring substituents is 1. The van der Waals surface area contributed by atoms with E-state index in [0.29, 0.717) is 29.9 Å². The second kappa shape index (κ2) is 8.71. The molecule has 2 aromatic rings. The molecule has 0 unspecified atom stereocenters. The van der Waals surface area contributed by atoms with E-state index in [1.54, 1.807) is 13.0 Å². The van der Waals surface area contributed by atoms with E-state index in [-0.39, 0.29) is 22.9 Å². The number of carbonyl (C=O) groups excluding carboxylic acids is 1. The number of Topliss-reactive ketones (excluding diaryl/α,β-unsaturated/α-hetero) is 1. The van der Waals surface area contributed by atoms with Gasteiger partial charge in [0.25, 0.3) is 5.69 Å². The monoisotopic (exact) mass is 417 g/mol. The van der Waals surface area contributed by atoms with Gasteiger partial charge in [-0.05, 0) is 55.7 Å². The van der Waals surface area contributed by atoms with Crippen molar-refractivity contribution in [1.29, 1.82) is 0 Å². The molecule has 0 spiro atoms. The highest BCUT2D eigenvalue weighted by Gasteiger charge is 2.25. The number of hydrogen-bond acceptors (Lipinski definition) is 6. The van der Waals surface area contributed by atoms with Crippen molar-refractivity contribution in [2.24, 2.45) is 0 Å². The van der Waals surface area contributed by atoms with Gasteiger partial charge in [0.05, 0.1) is 16.4 Å². The van der Waals surface area contributed by atoms with Crippen molar-refractivity contribution in [3.63, 3.8) is 0 Å². The number of ketones is 1. The maximum Gasteiger partial charge on any atom is 0.269 e. The summed E-state index contributed by atoms with van der Waals surface area (Å²) in [6.07, 6.45) is 2.77. The molecule has 0 amide bonds. The summed E-state index contributed by atoms with van der Waals surface area (Å²) in [6, 6.07) is 10.3. The van der Waals surface area contributed by atoms with E-state index >= 15 is 0 Å². The summed E-state index contributed by atoms with van der Waals surface area (Å²) in [5.41, 5.74) is 1.68. The van der Waals surface area contributed by atoms with Crippen LogP contribution in [0.25, 0.3) is 0 Å². The van der Waals surface area contributed by atoms with Crippen molar-refractivity contribution in [2.75, 3.05) is 25.0 Å². The van der Waals surface area contributed by atoms with Crippen molar-refractivity contribution in [3.8, 4) is 0 Å². The third-order valence-corrected chi connectivity index (χ3v) is 6.90. The highest BCUT2D eigenvalue weighted by molar-refractivity contribution is 7.89. The minimum absolute atomic E-state index is 0.00310. The van der Waals surface area contributed by atoms with Crippen LogP contribution in [0.15, 0.2) is 47.4 Å². The lowest BCUT2D eigenvalue weighted by molar-refractivity contribution is -0.384. The SMILES string of the molecule is Cc1cc([N+](=O)[O-])ccc1NCC(=O)c1ccc(S(=O)(=O)N2CCCCC2)cc1. The Hall–Kier alpha value is -2.78. The van der Waals surface area contributed by atoms with Gasteiger partial charge < -0.3 is 5.32 Å². The van der Waals surface area contributed by atoms with Crippen LogP contribution in [0.1, 0.15) is 35.2 Å². The van der Waals surface area contributed by atoms with Crippen molar-refractivity contribution in [3.05, 3.63) is 63.7 Å². The molecule has 0 atom stereocenters. The normalized spacial score (nSPS) is 15.1. The van der Waals surface area contributed by atoms with Crippen LogP contribution in [0.5, 0.6) is 0 Å². The van der Waals surface area contributed by atoms with Gasteiger partial charge in [0.2, 0.25) is 10.0 Å². The number of anilines is 1. The molecule has 0 aliphatic carbocycles. The zero-order valence-electron chi connectivity index (χ0n) is 16.1. The molecule has 0 radical (unpaired) electrons. The van der Waals surface area contributed by atoms with E-state index in [4.69, 9.17) is 0 Å². The molecule has 0 saturated carbocycles. The number of nitro benzene ring substituents is 1. The Morgan fingerprint density at radius 2 is 1.76 bits per heavy atom. The number of hydrogen-bond donors (Lipinski definition) is 1. The number of carbonyl (C=O) groups is 1. The maximum absolute atomic E-state index is 12.7. The van der Waals surface area contributed by atoms with Crippen LogP contribution in [0.4, 0.5) is 11.4 Å². The van der Waals surface area contributed by atoms with Crippen molar-refractivity contribution in [1.82, 2.24) is 4.31 Å². The molecule has 1 aliphatic rings. The molecule has 1 N–H and O–H groups in total. The average molecular weight is 417 g/mol. The quantitative estimate of drug-likeness (QED) is 0.420. The van der Waals surface area contributed by atoms with Crippen LogP contribution >= 0.6 is 0 Å². The second-order valence-corrected chi connectivity index (χ2v) is 8.96. The zero-order valence-corrected chi connectivity index (χ0v) is 16.9. The van der Waals surface area contributed by atoms with Crippen molar-refractivity contribution < 1.29 is 18.1 Å². The molecule has 1 fully saturated rings. The fourth-order valence-corrected chi connectivity index (χ4v) is 4.82. The molecular weight excluding hydrogens is 394 g/mol. The molecule has 0 bridgehead atoms. The molecule has 29 heavy (non-hydrogen) atoms. The molecule has 1 saturated heterocycles. The lowest BCUT2D eigenvalue weighted by Crippen LogP contribution is -2.35. The van der Waals surface area contributed by atoms with Gasteiger partial charge in [0.15, 0.2) is 5.78 Å². The number of nitrogens with zero attached hydrogens (tertiary/aromatic N) is 2. The molecular formula is C20H23N3O5S. The molecule has 1 heterocycles. The lowest BCUT2D eigenvalue weighted by atomic mass is 10.1. The predicted octanol–water partition coefficient (Wildman–Crippen LogP) is 3.37. The van der Waals surface area contributed by atoms with Gasteiger partial charge in [-0.2, -0.15) is 4.31 Å². The molecule has 2 aromatic carbocycles. The smallest absolute Gasteiger partial charge is 0.269 e. The van der Waals surface area contributed by atoms with Gasteiger partial charge in [-0.3, -0.25) is 14.9 Å². The first-order valence-electron chi connectivity index (χ1n) is 9.41. The average Bonchev–Trinajstić information content (AvgIpc) is 2.73. The topological polar surface area (TPSA) is 110 Å². The Morgan fingerprint density at radius 1 is 1.10 bits per heavy atom. The highest BCUT2D eigenvalue weighted by atomic mass is 32.2. The Labute approximate surface area is 169 Å². The second-order valence-electron chi connectivity index (χ2n) is 7.02. The Morgan fingerprint density at radius 3 is 2.34 bits per heavy atom. The fourth-order valence-electron chi connectivity index (χ4n) is 3.30. The fraction of sp³-hybridized carbons (Fsp3) is 0.350. The van der Waals surface area contributed by atoms with Crippen LogP contribution < -0.4 is 5.32 Å². The van der Waals surface area contributed by atoms with Gasteiger partial charge in [0.1, 0.15) is 0 Å². The first-order valence-corrected chi connectivity index (χ1v) is 10.9. The number of sulfonamides is 1. The van der Waals surface area contributed by atoms with E-state index in [1.165, 1.54) is 40.7 Å². The van der Waals surface area contributed by atoms with Gasteiger partial charge >= 0.3 is 0 Å². The zero-order chi connectivity index (χ0) is 21.0. The predicted molar refractivity (Wildman–Crippen MR) is 110 cm³/mol. The molecule has 8 nitrogen and oxygen atoms in total. The molecule has 3 rings (SSSR count). The number of nitro groups is 1. The first kappa shape index (κ1) is 20.9. The van der Waals surface area contributed by atoms with E-state index in [0.717, 1.165) is 19.3 Å². The van der Waals surface area contributed by atoms with Gasteiger partial charge in [0, 0.05) is 36.5 Å². The number of piperidine rings is 1. The molecule has 0 aromatic heterocycles. The first-order chi connectivity index (χ1) is 13.8. The Balaban J connectivity index is 1.65. The standard InChI is InChI=1S/C20H23N3O5S/c1-15-13-17(23(25)26)7-10-19(15)21-14-20(24)16-5-8-18(9-6-16)29(27,28)22-11-3-2-4-12-22/h5-10,13,21H,2-4,11-12,14H2,1H3. The van der Waals surface area contributed by atoms with Crippen LogP contribution in [-0.2, 0) is 10.0 Å².